The zero-order valence-electron chi connectivity index (χ0n) is 16.7. The molecular formula is C19H27N5O3S2. The molecule has 0 spiro atoms. The van der Waals surface area contributed by atoms with Crippen LogP contribution >= 0.6 is 12.2 Å². The highest BCUT2D eigenvalue weighted by molar-refractivity contribution is 7.89. The third kappa shape index (κ3) is 5.12. The molecule has 1 amide bonds. The van der Waals surface area contributed by atoms with Crippen LogP contribution in [0, 0.1) is 4.77 Å². The summed E-state index contributed by atoms with van der Waals surface area (Å²) in [5, 5.41) is 9.86. The zero-order chi connectivity index (χ0) is 21.0. The fourth-order valence-electron chi connectivity index (χ4n) is 3.24. The molecule has 29 heavy (non-hydrogen) atoms. The first-order chi connectivity index (χ1) is 13.9. The number of carbonyl (C=O) groups is 1. The second-order valence-electron chi connectivity index (χ2n) is 7.06. The Hall–Kier alpha value is -2.04. The Bertz CT molecular complexity index is 1000. The number of amides is 1. The lowest BCUT2D eigenvalue weighted by molar-refractivity contribution is -0.121. The molecule has 0 bridgehead atoms. The molecule has 1 heterocycles. The van der Waals surface area contributed by atoms with Gasteiger partial charge in [-0.3, -0.25) is 14.5 Å². The molecule has 158 valence electrons. The van der Waals surface area contributed by atoms with Gasteiger partial charge in [-0.15, -0.1) is 0 Å². The molecule has 2 aromatic rings. The topological polar surface area (TPSA) is 100 Å². The van der Waals surface area contributed by atoms with E-state index in [2.05, 4.69) is 15.5 Å². The zero-order valence-corrected chi connectivity index (χ0v) is 18.4. The number of aromatic nitrogens is 3. The molecule has 0 aliphatic heterocycles. The third-order valence-electron chi connectivity index (χ3n) is 5.04. The van der Waals surface area contributed by atoms with Gasteiger partial charge in [-0.1, -0.05) is 26.0 Å². The van der Waals surface area contributed by atoms with Crippen LogP contribution in [0.4, 0.5) is 0 Å². The number of carbonyl (C=O) groups excluding carboxylic acids is 1. The largest absolute Gasteiger partial charge is 0.349 e. The predicted octanol–water partition coefficient (Wildman–Crippen LogP) is 2.56. The molecule has 2 N–H and O–H groups in total. The van der Waals surface area contributed by atoms with Gasteiger partial charge in [0.25, 0.3) is 0 Å². The molecule has 0 unspecified atom stereocenters. The number of aryl methyl sites for hydroxylation is 1. The highest BCUT2D eigenvalue weighted by atomic mass is 32.2. The Morgan fingerprint density at radius 2 is 1.93 bits per heavy atom. The summed E-state index contributed by atoms with van der Waals surface area (Å²) in [4.78, 5) is 12.5. The first-order valence-corrected chi connectivity index (χ1v) is 11.7. The van der Waals surface area contributed by atoms with Gasteiger partial charge in [-0.25, -0.2) is 8.42 Å². The minimum absolute atomic E-state index is 0.0823. The van der Waals surface area contributed by atoms with Gasteiger partial charge in [0.1, 0.15) is 0 Å². The van der Waals surface area contributed by atoms with Crippen LogP contribution in [0.25, 0.3) is 0 Å². The maximum atomic E-state index is 12.5. The van der Waals surface area contributed by atoms with Gasteiger partial charge >= 0.3 is 0 Å². The second kappa shape index (κ2) is 9.19. The molecule has 8 nitrogen and oxygen atoms in total. The van der Waals surface area contributed by atoms with Crippen LogP contribution in [0.1, 0.15) is 50.5 Å². The van der Waals surface area contributed by atoms with E-state index in [-0.39, 0.29) is 10.8 Å². The van der Waals surface area contributed by atoms with Crippen molar-refractivity contribution in [2.45, 2.75) is 57.0 Å². The predicted molar refractivity (Wildman–Crippen MR) is 112 cm³/mol. The molecule has 1 aromatic heterocycles. The lowest BCUT2D eigenvalue weighted by Crippen LogP contribution is -2.30. The average molecular weight is 438 g/mol. The van der Waals surface area contributed by atoms with Crippen molar-refractivity contribution in [1.82, 2.24) is 24.4 Å². The van der Waals surface area contributed by atoms with E-state index in [1.165, 1.54) is 4.31 Å². The number of sulfonamides is 1. The van der Waals surface area contributed by atoms with Crippen LogP contribution in [0.2, 0.25) is 0 Å². The van der Waals surface area contributed by atoms with Crippen molar-refractivity contribution in [2.24, 2.45) is 0 Å². The van der Waals surface area contributed by atoms with Crippen LogP contribution in [-0.4, -0.2) is 46.5 Å². The highest BCUT2D eigenvalue weighted by Gasteiger charge is 2.27. The van der Waals surface area contributed by atoms with Crippen molar-refractivity contribution in [1.29, 1.82) is 0 Å². The molecule has 3 rings (SSSR count). The van der Waals surface area contributed by atoms with Gasteiger partial charge < -0.3 is 5.32 Å². The van der Waals surface area contributed by atoms with Crippen molar-refractivity contribution in [2.75, 3.05) is 13.1 Å². The summed E-state index contributed by atoms with van der Waals surface area (Å²) in [5.41, 5.74) is 0.916. The number of nitrogens with zero attached hydrogens (tertiary/aromatic N) is 3. The SMILES string of the molecule is CCN(CC)S(=O)(=O)c1ccc(CCC(=O)NCc2n[nH]c(=S)n2C2CC2)cc1. The van der Waals surface area contributed by atoms with Gasteiger partial charge in [0.05, 0.1) is 11.4 Å². The number of hydrogen-bond donors (Lipinski definition) is 2. The highest BCUT2D eigenvalue weighted by Crippen LogP contribution is 2.35. The minimum Gasteiger partial charge on any atom is -0.349 e. The summed E-state index contributed by atoms with van der Waals surface area (Å²) in [6.07, 6.45) is 3.03. The van der Waals surface area contributed by atoms with E-state index in [1.807, 2.05) is 18.4 Å². The van der Waals surface area contributed by atoms with E-state index in [1.54, 1.807) is 24.3 Å². The molecule has 1 aromatic carbocycles. The van der Waals surface area contributed by atoms with Gasteiger partial charge in [-0.05, 0) is 49.2 Å². The maximum absolute atomic E-state index is 12.5. The quantitative estimate of drug-likeness (QED) is 0.557. The van der Waals surface area contributed by atoms with E-state index in [0.717, 1.165) is 24.2 Å². The normalized spacial score (nSPS) is 14.3. The van der Waals surface area contributed by atoms with Gasteiger partial charge in [-0.2, -0.15) is 9.40 Å². The number of nitrogens with one attached hydrogen (secondary N) is 2. The molecule has 1 aliphatic carbocycles. The number of H-pyrrole nitrogens is 1. The molecule has 1 fully saturated rings. The Kier molecular flexibility index (Phi) is 6.86. The smallest absolute Gasteiger partial charge is 0.243 e. The van der Waals surface area contributed by atoms with Gasteiger partial charge in [0.15, 0.2) is 10.6 Å². The van der Waals surface area contributed by atoms with Crippen molar-refractivity contribution in [3.05, 3.63) is 40.4 Å². The summed E-state index contributed by atoms with van der Waals surface area (Å²) < 4.78 is 29.0. The monoisotopic (exact) mass is 437 g/mol. The first kappa shape index (κ1) is 21.7. The number of rotatable bonds is 10. The Balaban J connectivity index is 1.52. The van der Waals surface area contributed by atoms with Crippen LogP contribution in [0.5, 0.6) is 0 Å². The van der Waals surface area contributed by atoms with Crippen LogP contribution in [-0.2, 0) is 27.8 Å². The summed E-state index contributed by atoms with van der Waals surface area (Å²) in [6.45, 7) is 4.84. The molecule has 1 saturated carbocycles. The number of aromatic amines is 1. The third-order valence-corrected chi connectivity index (χ3v) is 7.39. The Labute approximate surface area is 176 Å². The summed E-state index contributed by atoms with van der Waals surface area (Å²) in [6, 6.07) is 7.14. The van der Waals surface area contributed by atoms with Gasteiger partial charge in [0, 0.05) is 25.6 Å². The molecule has 1 aliphatic rings. The lowest BCUT2D eigenvalue weighted by Gasteiger charge is -2.18. The second-order valence-corrected chi connectivity index (χ2v) is 9.38. The summed E-state index contributed by atoms with van der Waals surface area (Å²) in [7, 11) is -3.46. The van der Waals surface area contributed by atoms with Crippen molar-refractivity contribution < 1.29 is 13.2 Å². The van der Waals surface area contributed by atoms with Crippen LogP contribution < -0.4 is 5.32 Å². The van der Waals surface area contributed by atoms with E-state index < -0.39 is 10.0 Å². The average Bonchev–Trinajstić information content (AvgIpc) is 3.48. The van der Waals surface area contributed by atoms with E-state index in [9.17, 15) is 13.2 Å². The number of hydrogen-bond acceptors (Lipinski definition) is 5. The summed E-state index contributed by atoms with van der Waals surface area (Å²) >= 11 is 5.24. The van der Waals surface area contributed by atoms with Crippen molar-refractivity contribution in [3.8, 4) is 0 Å². The van der Waals surface area contributed by atoms with Crippen molar-refractivity contribution in [3.63, 3.8) is 0 Å². The van der Waals surface area contributed by atoms with E-state index in [4.69, 9.17) is 12.2 Å². The molecule has 0 radical (unpaired) electrons. The minimum atomic E-state index is -3.46. The fraction of sp³-hybridized carbons (Fsp3) is 0.526. The Morgan fingerprint density at radius 3 is 2.52 bits per heavy atom. The van der Waals surface area contributed by atoms with Crippen molar-refractivity contribution >= 4 is 28.1 Å². The lowest BCUT2D eigenvalue weighted by atomic mass is 10.1. The fourth-order valence-corrected chi connectivity index (χ4v) is 4.99. The molecule has 0 atom stereocenters. The molecular weight excluding hydrogens is 410 g/mol. The standard InChI is InChI=1S/C19H27N5O3S2/c1-3-23(4-2)29(26,27)16-10-5-14(6-11-16)7-12-18(25)20-13-17-21-22-19(28)24(17)15-8-9-15/h5-6,10-11,15H,3-4,7-9,12-13H2,1-2H3,(H,20,25)(H,22,28). The molecule has 10 heteroatoms. The maximum Gasteiger partial charge on any atom is 0.243 e. The van der Waals surface area contributed by atoms with Gasteiger partial charge in [0.2, 0.25) is 15.9 Å². The Morgan fingerprint density at radius 1 is 1.28 bits per heavy atom. The molecule has 0 saturated heterocycles. The number of benzene rings is 1. The van der Waals surface area contributed by atoms with Crippen LogP contribution in [0.15, 0.2) is 29.2 Å². The summed E-state index contributed by atoms with van der Waals surface area (Å²) in [5.74, 6) is 0.665. The van der Waals surface area contributed by atoms with E-state index in [0.29, 0.717) is 43.3 Å². The van der Waals surface area contributed by atoms with Crippen LogP contribution in [0.3, 0.4) is 0 Å². The first-order valence-electron chi connectivity index (χ1n) is 9.88. The van der Waals surface area contributed by atoms with E-state index >= 15 is 0 Å².